The molecule has 5 nitrogen and oxygen atoms in total. The van der Waals surface area contributed by atoms with Gasteiger partial charge >= 0.3 is 0 Å². The van der Waals surface area contributed by atoms with Gasteiger partial charge in [0.25, 0.3) is 0 Å². The molecular weight excluding hydrogens is 264 g/mol. The summed E-state index contributed by atoms with van der Waals surface area (Å²) in [6.07, 6.45) is 7.16. The predicted octanol–water partition coefficient (Wildman–Crippen LogP) is 2.20. The molecule has 21 heavy (non-hydrogen) atoms. The van der Waals surface area contributed by atoms with Crippen LogP contribution in [0.4, 0.5) is 5.69 Å². The van der Waals surface area contributed by atoms with Crippen LogP contribution in [0.1, 0.15) is 19.8 Å². The average molecular weight is 284 g/mol. The molecule has 0 unspecified atom stereocenters. The maximum Gasteiger partial charge on any atom is 0.227 e. The first-order valence-corrected chi connectivity index (χ1v) is 7.35. The molecule has 0 radical (unpaired) electrons. The number of hydrogen-bond donors (Lipinski definition) is 2. The van der Waals surface area contributed by atoms with Gasteiger partial charge in [-0.3, -0.25) is 4.79 Å². The monoisotopic (exact) mass is 284 g/mol. The number of benzene rings is 1. The number of hydrogen-bond acceptors (Lipinski definition) is 3. The molecular formula is C16H20N4O. The van der Waals surface area contributed by atoms with Gasteiger partial charge in [-0.2, -0.15) is 0 Å². The quantitative estimate of drug-likeness (QED) is 0.908. The van der Waals surface area contributed by atoms with Crippen LogP contribution in [-0.4, -0.2) is 28.0 Å². The first kappa shape index (κ1) is 13.8. The van der Waals surface area contributed by atoms with E-state index in [4.69, 9.17) is 0 Å². The maximum absolute atomic E-state index is 12.4. The van der Waals surface area contributed by atoms with Crippen LogP contribution in [0.2, 0.25) is 0 Å². The Morgan fingerprint density at radius 3 is 3.14 bits per heavy atom. The van der Waals surface area contributed by atoms with Gasteiger partial charge in [0.2, 0.25) is 5.91 Å². The summed E-state index contributed by atoms with van der Waals surface area (Å²) in [6, 6.07) is 8.22. The van der Waals surface area contributed by atoms with Crippen LogP contribution in [0.5, 0.6) is 0 Å². The summed E-state index contributed by atoms with van der Waals surface area (Å²) in [5.74, 6) is 0.212. The zero-order chi connectivity index (χ0) is 14.7. The number of piperidine rings is 1. The number of nitrogens with zero attached hydrogens (tertiary/aromatic N) is 2. The van der Waals surface area contributed by atoms with Gasteiger partial charge in [0.15, 0.2) is 0 Å². The van der Waals surface area contributed by atoms with Gasteiger partial charge in [-0.1, -0.05) is 6.07 Å². The van der Waals surface area contributed by atoms with E-state index >= 15 is 0 Å². The Morgan fingerprint density at radius 1 is 1.48 bits per heavy atom. The highest BCUT2D eigenvalue weighted by molar-refractivity contribution is 5.92. The van der Waals surface area contributed by atoms with Crippen LogP contribution in [0.3, 0.4) is 0 Å². The van der Waals surface area contributed by atoms with Gasteiger partial charge in [-0.15, -0.1) is 0 Å². The van der Waals surface area contributed by atoms with Crippen molar-refractivity contribution in [3.05, 3.63) is 43.0 Å². The fourth-order valence-corrected chi connectivity index (χ4v) is 2.77. The molecule has 0 bridgehead atoms. The molecule has 1 fully saturated rings. The minimum atomic E-state index is 0.0955. The highest BCUT2D eigenvalue weighted by atomic mass is 16.1. The Balaban J connectivity index is 1.70. The molecule has 1 aromatic heterocycles. The standard InChI is InChI=1S/C16H20N4O/c1-12-9-13(5-6-18-12)16(21)19-14-3-2-4-15(10-14)20-8-7-17-11-20/h2-4,7-8,10-13,18H,5-6,9H2,1H3,(H,19,21)/t12-,13-/m0/s1. The Bertz CT molecular complexity index is 608. The molecule has 1 aliphatic rings. The van der Waals surface area contributed by atoms with Gasteiger partial charge in [0, 0.05) is 35.7 Å². The minimum Gasteiger partial charge on any atom is -0.326 e. The van der Waals surface area contributed by atoms with Crippen LogP contribution < -0.4 is 10.6 Å². The lowest BCUT2D eigenvalue weighted by Crippen LogP contribution is -2.40. The minimum absolute atomic E-state index is 0.0955. The number of carbonyl (C=O) groups excluding carboxylic acids is 1. The molecule has 1 amide bonds. The van der Waals surface area contributed by atoms with E-state index in [1.807, 2.05) is 35.0 Å². The van der Waals surface area contributed by atoms with Crippen LogP contribution in [0.15, 0.2) is 43.0 Å². The molecule has 0 spiro atoms. The number of imidazole rings is 1. The van der Waals surface area contributed by atoms with E-state index in [1.165, 1.54) is 0 Å². The summed E-state index contributed by atoms with van der Waals surface area (Å²) < 4.78 is 1.92. The van der Waals surface area contributed by atoms with Crippen molar-refractivity contribution in [1.29, 1.82) is 0 Å². The maximum atomic E-state index is 12.4. The molecule has 110 valence electrons. The molecule has 1 saturated heterocycles. The Kier molecular flexibility index (Phi) is 4.01. The predicted molar refractivity (Wildman–Crippen MR) is 82.4 cm³/mol. The fraction of sp³-hybridized carbons (Fsp3) is 0.375. The Morgan fingerprint density at radius 2 is 2.38 bits per heavy atom. The summed E-state index contributed by atoms with van der Waals surface area (Å²) in [5, 5.41) is 6.40. The number of aromatic nitrogens is 2. The molecule has 2 heterocycles. The zero-order valence-electron chi connectivity index (χ0n) is 12.1. The molecule has 3 rings (SSSR count). The summed E-state index contributed by atoms with van der Waals surface area (Å²) in [6.45, 7) is 3.04. The molecule has 2 N–H and O–H groups in total. The third-order valence-electron chi connectivity index (χ3n) is 3.91. The van der Waals surface area contributed by atoms with Crippen molar-refractivity contribution in [2.75, 3.05) is 11.9 Å². The summed E-state index contributed by atoms with van der Waals surface area (Å²) in [7, 11) is 0. The zero-order valence-corrected chi connectivity index (χ0v) is 12.1. The molecule has 2 aromatic rings. The first-order valence-electron chi connectivity index (χ1n) is 7.35. The fourth-order valence-electron chi connectivity index (χ4n) is 2.77. The number of anilines is 1. The molecule has 2 atom stereocenters. The van der Waals surface area contributed by atoms with E-state index in [0.717, 1.165) is 30.8 Å². The lowest BCUT2D eigenvalue weighted by molar-refractivity contribution is -0.120. The van der Waals surface area contributed by atoms with Gasteiger partial charge < -0.3 is 15.2 Å². The van der Waals surface area contributed by atoms with E-state index < -0.39 is 0 Å². The molecule has 0 aliphatic carbocycles. The van der Waals surface area contributed by atoms with E-state index in [2.05, 4.69) is 22.5 Å². The number of rotatable bonds is 3. The lowest BCUT2D eigenvalue weighted by Gasteiger charge is -2.27. The van der Waals surface area contributed by atoms with Crippen LogP contribution in [-0.2, 0) is 4.79 Å². The first-order chi connectivity index (χ1) is 10.2. The number of carbonyl (C=O) groups is 1. The van der Waals surface area contributed by atoms with E-state index in [-0.39, 0.29) is 11.8 Å². The van der Waals surface area contributed by atoms with Crippen molar-refractivity contribution in [2.45, 2.75) is 25.8 Å². The van der Waals surface area contributed by atoms with Gasteiger partial charge in [-0.25, -0.2) is 4.98 Å². The molecule has 1 aromatic carbocycles. The van der Waals surface area contributed by atoms with Gasteiger partial charge in [0.05, 0.1) is 6.33 Å². The Labute approximate surface area is 124 Å². The van der Waals surface area contributed by atoms with E-state index in [1.54, 1.807) is 12.5 Å². The number of nitrogens with one attached hydrogen (secondary N) is 2. The van der Waals surface area contributed by atoms with Crippen molar-refractivity contribution in [2.24, 2.45) is 5.92 Å². The highest BCUT2D eigenvalue weighted by Crippen LogP contribution is 2.20. The lowest BCUT2D eigenvalue weighted by atomic mass is 9.92. The van der Waals surface area contributed by atoms with Crippen molar-refractivity contribution in [3.8, 4) is 5.69 Å². The SMILES string of the molecule is C[C@H]1C[C@@H](C(=O)Nc2cccc(-n3ccnc3)c2)CCN1. The third-order valence-corrected chi connectivity index (χ3v) is 3.91. The third kappa shape index (κ3) is 3.31. The molecule has 0 saturated carbocycles. The second-order valence-electron chi connectivity index (χ2n) is 5.59. The van der Waals surface area contributed by atoms with Crippen LogP contribution in [0.25, 0.3) is 5.69 Å². The largest absolute Gasteiger partial charge is 0.326 e. The highest BCUT2D eigenvalue weighted by Gasteiger charge is 2.24. The van der Waals surface area contributed by atoms with Gasteiger partial charge in [-0.05, 0) is 44.5 Å². The van der Waals surface area contributed by atoms with Gasteiger partial charge in [0.1, 0.15) is 0 Å². The summed E-state index contributed by atoms with van der Waals surface area (Å²) in [4.78, 5) is 16.4. The van der Waals surface area contributed by atoms with E-state index in [9.17, 15) is 4.79 Å². The van der Waals surface area contributed by atoms with E-state index in [0.29, 0.717) is 6.04 Å². The Hall–Kier alpha value is -2.14. The second-order valence-corrected chi connectivity index (χ2v) is 5.59. The average Bonchev–Trinajstić information content (AvgIpc) is 3.02. The summed E-state index contributed by atoms with van der Waals surface area (Å²) >= 11 is 0. The second kappa shape index (κ2) is 6.10. The topological polar surface area (TPSA) is 59.0 Å². The molecule has 1 aliphatic heterocycles. The van der Waals surface area contributed by atoms with Crippen LogP contribution >= 0.6 is 0 Å². The van der Waals surface area contributed by atoms with Crippen LogP contribution in [0, 0.1) is 5.92 Å². The van der Waals surface area contributed by atoms with Crippen molar-refractivity contribution < 1.29 is 4.79 Å². The van der Waals surface area contributed by atoms with Crippen molar-refractivity contribution in [1.82, 2.24) is 14.9 Å². The molecule has 5 heteroatoms. The van der Waals surface area contributed by atoms with Crippen molar-refractivity contribution >= 4 is 11.6 Å². The number of amides is 1. The summed E-state index contributed by atoms with van der Waals surface area (Å²) in [5.41, 5.74) is 1.82. The van der Waals surface area contributed by atoms with Crippen molar-refractivity contribution in [3.63, 3.8) is 0 Å². The normalized spacial score (nSPS) is 22.0. The smallest absolute Gasteiger partial charge is 0.227 e.